The molecule has 0 aliphatic rings. The van der Waals surface area contributed by atoms with E-state index in [4.69, 9.17) is 11.6 Å². The van der Waals surface area contributed by atoms with Gasteiger partial charge in [0.05, 0.1) is 10.9 Å². The maximum Gasteiger partial charge on any atom is 0.133 e. The molecule has 1 N–H and O–H groups in total. The summed E-state index contributed by atoms with van der Waals surface area (Å²) in [6.07, 6.45) is 0.842. The Bertz CT molecular complexity index is 236. The van der Waals surface area contributed by atoms with Crippen molar-refractivity contribution >= 4 is 29.2 Å². The minimum Gasteiger partial charge on any atom is -0.305 e. The molecule has 0 fully saturated rings. The molecule has 0 bridgehead atoms. The molecule has 1 heterocycles. The van der Waals surface area contributed by atoms with E-state index in [1.807, 2.05) is 12.1 Å². The fourth-order valence-corrected chi connectivity index (χ4v) is 1.76. The van der Waals surface area contributed by atoms with Crippen molar-refractivity contribution in [1.82, 2.24) is 5.32 Å². The van der Waals surface area contributed by atoms with E-state index in [0.717, 1.165) is 22.0 Å². The highest BCUT2D eigenvalue weighted by atomic mass is 35.5. The average Bonchev–Trinajstić information content (AvgIpc) is 2.37. The van der Waals surface area contributed by atoms with E-state index in [1.54, 1.807) is 0 Å². The van der Waals surface area contributed by atoms with Crippen LogP contribution in [0.4, 0.5) is 0 Å². The van der Waals surface area contributed by atoms with Crippen LogP contribution in [0.5, 0.6) is 0 Å². The fourth-order valence-electron chi connectivity index (χ4n) is 0.701. The Kier molecular flexibility index (Phi) is 3.56. The Labute approximate surface area is 74.2 Å². The predicted molar refractivity (Wildman–Crippen MR) is 47.1 cm³/mol. The third-order valence-corrected chi connectivity index (χ3v) is 2.39. The topological polar surface area (TPSA) is 29.1 Å². The van der Waals surface area contributed by atoms with Gasteiger partial charge in [-0.3, -0.25) is 0 Å². The minimum atomic E-state index is 0.398. The Morgan fingerprint density at radius 3 is 3.00 bits per heavy atom. The molecule has 0 aromatic carbocycles. The lowest BCUT2D eigenvalue weighted by molar-refractivity contribution is -0.107. The normalized spacial score (nSPS) is 9.91. The van der Waals surface area contributed by atoms with E-state index in [1.165, 1.54) is 11.3 Å². The second-order valence-corrected chi connectivity index (χ2v) is 3.80. The maximum atomic E-state index is 9.92. The lowest BCUT2D eigenvalue weighted by atomic mass is 10.4. The average molecular weight is 190 g/mol. The summed E-state index contributed by atoms with van der Waals surface area (Å²) in [6, 6.07) is 3.80. The zero-order valence-electron chi connectivity index (χ0n) is 5.84. The highest BCUT2D eigenvalue weighted by molar-refractivity contribution is 7.16. The first-order valence-corrected chi connectivity index (χ1v) is 4.41. The van der Waals surface area contributed by atoms with Gasteiger partial charge >= 0.3 is 0 Å². The van der Waals surface area contributed by atoms with Crippen molar-refractivity contribution in [2.75, 3.05) is 6.54 Å². The first-order chi connectivity index (χ1) is 5.33. The molecule has 0 spiro atoms. The van der Waals surface area contributed by atoms with Crippen LogP contribution in [-0.4, -0.2) is 12.8 Å². The summed E-state index contributed by atoms with van der Waals surface area (Å²) in [6.45, 7) is 1.12. The number of carbonyl (C=O) groups excluding carboxylic acids is 1. The van der Waals surface area contributed by atoms with Gasteiger partial charge in [-0.25, -0.2) is 0 Å². The van der Waals surface area contributed by atoms with Crippen molar-refractivity contribution in [2.45, 2.75) is 6.54 Å². The van der Waals surface area contributed by atoms with Crippen LogP contribution < -0.4 is 5.32 Å². The molecule has 0 radical (unpaired) electrons. The quantitative estimate of drug-likeness (QED) is 0.577. The standard InChI is InChI=1S/C7H8ClNOS/c8-7-2-1-6(11-7)5-9-3-4-10/h1-2,4,9H,3,5H2. The molecule has 0 aliphatic carbocycles. The SMILES string of the molecule is O=CCNCc1ccc(Cl)s1. The largest absolute Gasteiger partial charge is 0.305 e. The van der Waals surface area contributed by atoms with Crippen LogP contribution in [0.3, 0.4) is 0 Å². The number of halogens is 1. The van der Waals surface area contributed by atoms with Crippen molar-refractivity contribution in [1.29, 1.82) is 0 Å². The third-order valence-electron chi connectivity index (χ3n) is 1.16. The number of hydrogen-bond donors (Lipinski definition) is 1. The maximum absolute atomic E-state index is 9.92. The predicted octanol–water partition coefficient (Wildman–Crippen LogP) is 1.69. The second kappa shape index (κ2) is 4.49. The van der Waals surface area contributed by atoms with Crippen molar-refractivity contribution in [3.05, 3.63) is 21.3 Å². The molecule has 0 unspecified atom stereocenters. The Morgan fingerprint density at radius 1 is 1.64 bits per heavy atom. The van der Waals surface area contributed by atoms with Gasteiger partial charge in [0, 0.05) is 11.4 Å². The molecule has 0 saturated carbocycles. The number of thiophene rings is 1. The zero-order chi connectivity index (χ0) is 8.10. The molecule has 0 saturated heterocycles. The summed E-state index contributed by atoms with van der Waals surface area (Å²) in [4.78, 5) is 11.1. The van der Waals surface area contributed by atoms with Crippen LogP contribution in [0, 0.1) is 0 Å². The van der Waals surface area contributed by atoms with E-state index in [2.05, 4.69) is 5.32 Å². The lowest BCUT2D eigenvalue weighted by Crippen LogP contribution is -2.14. The second-order valence-electron chi connectivity index (χ2n) is 2.00. The van der Waals surface area contributed by atoms with E-state index in [9.17, 15) is 4.79 Å². The molecule has 1 aromatic heterocycles. The molecule has 4 heteroatoms. The molecular weight excluding hydrogens is 182 g/mol. The first kappa shape index (κ1) is 8.71. The van der Waals surface area contributed by atoms with Crippen LogP contribution in [0.25, 0.3) is 0 Å². The highest BCUT2D eigenvalue weighted by Gasteiger charge is 1.95. The summed E-state index contributed by atoms with van der Waals surface area (Å²) in [5.74, 6) is 0. The van der Waals surface area contributed by atoms with Gasteiger partial charge in [0.2, 0.25) is 0 Å². The summed E-state index contributed by atoms with van der Waals surface area (Å²) in [5.41, 5.74) is 0. The summed E-state index contributed by atoms with van der Waals surface area (Å²) < 4.78 is 0.785. The number of rotatable bonds is 4. The van der Waals surface area contributed by atoms with E-state index in [-0.39, 0.29) is 0 Å². The van der Waals surface area contributed by atoms with Gasteiger partial charge < -0.3 is 10.1 Å². The lowest BCUT2D eigenvalue weighted by Gasteiger charge is -1.94. The van der Waals surface area contributed by atoms with Gasteiger partial charge in [-0.2, -0.15) is 0 Å². The van der Waals surface area contributed by atoms with Crippen molar-refractivity contribution in [3.63, 3.8) is 0 Å². The molecule has 0 aliphatic heterocycles. The number of hydrogen-bond acceptors (Lipinski definition) is 3. The van der Waals surface area contributed by atoms with E-state index in [0.29, 0.717) is 6.54 Å². The molecule has 2 nitrogen and oxygen atoms in total. The summed E-state index contributed by atoms with van der Waals surface area (Å²) in [7, 11) is 0. The molecule has 1 aromatic rings. The van der Waals surface area contributed by atoms with Gasteiger partial charge in [-0.05, 0) is 12.1 Å². The van der Waals surface area contributed by atoms with E-state index < -0.39 is 0 Å². The van der Waals surface area contributed by atoms with Crippen molar-refractivity contribution in [2.24, 2.45) is 0 Å². The molecule has 0 amide bonds. The Morgan fingerprint density at radius 2 is 2.45 bits per heavy atom. The third kappa shape index (κ3) is 3.01. The Balaban J connectivity index is 2.32. The van der Waals surface area contributed by atoms with E-state index >= 15 is 0 Å². The van der Waals surface area contributed by atoms with Crippen LogP contribution in [0.15, 0.2) is 12.1 Å². The zero-order valence-corrected chi connectivity index (χ0v) is 7.41. The van der Waals surface area contributed by atoms with Crippen LogP contribution >= 0.6 is 22.9 Å². The Hall–Kier alpha value is -0.380. The molecular formula is C7H8ClNOS. The molecule has 1 rings (SSSR count). The van der Waals surface area contributed by atoms with Gasteiger partial charge in [-0.1, -0.05) is 11.6 Å². The van der Waals surface area contributed by atoms with Crippen molar-refractivity contribution < 1.29 is 4.79 Å². The summed E-state index contributed by atoms with van der Waals surface area (Å²) in [5, 5.41) is 2.95. The fraction of sp³-hybridized carbons (Fsp3) is 0.286. The molecule has 11 heavy (non-hydrogen) atoms. The first-order valence-electron chi connectivity index (χ1n) is 3.21. The van der Waals surface area contributed by atoms with Gasteiger partial charge in [-0.15, -0.1) is 11.3 Å². The van der Waals surface area contributed by atoms with Gasteiger partial charge in [0.1, 0.15) is 6.29 Å². The van der Waals surface area contributed by atoms with Crippen LogP contribution in [0.2, 0.25) is 4.34 Å². The number of nitrogens with one attached hydrogen (secondary N) is 1. The van der Waals surface area contributed by atoms with Crippen molar-refractivity contribution in [3.8, 4) is 0 Å². The minimum absolute atomic E-state index is 0.398. The summed E-state index contributed by atoms with van der Waals surface area (Å²) >= 11 is 7.22. The molecule has 60 valence electrons. The van der Waals surface area contributed by atoms with Gasteiger partial charge in [0.25, 0.3) is 0 Å². The number of carbonyl (C=O) groups is 1. The number of aldehydes is 1. The smallest absolute Gasteiger partial charge is 0.133 e. The van der Waals surface area contributed by atoms with Crippen LogP contribution in [0.1, 0.15) is 4.88 Å². The highest BCUT2D eigenvalue weighted by Crippen LogP contribution is 2.20. The molecule has 0 atom stereocenters. The monoisotopic (exact) mass is 189 g/mol. The van der Waals surface area contributed by atoms with Gasteiger partial charge in [0.15, 0.2) is 0 Å². The van der Waals surface area contributed by atoms with Crippen LogP contribution in [-0.2, 0) is 11.3 Å².